The number of carboxylic acids is 1. The number of carbonyl (C=O) groups is 3. The average molecular weight is 467 g/mol. The maximum Gasteiger partial charge on any atom is 0.509 e. The second-order valence-corrected chi connectivity index (χ2v) is 8.10. The first-order valence-corrected chi connectivity index (χ1v) is 11.9. The molecule has 1 rings (SSSR count). The highest BCUT2D eigenvalue weighted by Crippen LogP contribution is 2.28. The van der Waals surface area contributed by atoms with E-state index in [0.717, 1.165) is 19.3 Å². The van der Waals surface area contributed by atoms with Crippen LogP contribution in [0.5, 0.6) is 11.5 Å². The molecule has 0 heterocycles. The smallest absolute Gasteiger partial charge is 0.507 e. The summed E-state index contributed by atoms with van der Waals surface area (Å²) in [7, 11) is 0. The molecule has 0 saturated carbocycles. The van der Waals surface area contributed by atoms with Gasteiger partial charge in [-0.15, -0.1) is 0 Å². The lowest BCUT2D eigenvalue weighted by Crippen LogP contribution is -2.14. The molecule has 8 heteroatoms. The van der Waals surface area contributed by atoms with E-state index in [1.807, 2.05) is 0 Å². The molecule has 0 aromatic heterocycles. The van der Waals surface area contributed by atoms with Crippen molar-refractivity contribution in [3.05, 3.63) is 23.3 Å². The molecule has 0 spiro atoms. The highest BCUT2D eigenvalue weighted by atomic mass is 16.7. The number of unbranched alkanes of at least 4 members (excludes halogenated alkanes) is 11. The SMILES string of the molecule is CCCCCCCCCCCCCCOc1cc(C=O)c(O)cc1COC(=O)OCC(=O)O. The van der Waals surface area contributed by atoms with Gasteiger partial charge in [0.05, 0.1) is 12.2 Å². The van der Waals surface area contributed by atoms with Crippen LogP contribution in [-0.2, 0) is 20.9 Å². The lowest BCUT2D eigenvalue weighted by molar-refractivity contribution is -0.141. The predicted octanol–water partition coefficient (Wildman–Crippen LogP) is 6.02. The third-order valence-electron chi connectivity index (χ3n) is 5.25. The number of ether oxygens (including phenoxy) is 3. The highest BCUT2D eigenvalue weighted by molar-refractivity contribution is 5.80. The standard InChI is InChI=1S/C25H38O8/c1-2-3-4-5-6-7-8-9-10-11-12-13-14-31-23-16-20(17-26)22(27)15-21(23)18-32-25(30)33-19-24(28)29/h15-17,27H,2-14,18-19H2,1H3,(H,28,29). The molecule has 0 atom stereocenters. The van der Waals surface area contributed by atoms with Crippen molar-refractivity contribution in [1.29, 1.82) is 0 Å². The summed E-state index contributed by atoms with van der Waals surface area (Å²) >= 11 is 0. The quantitative estimate of drug-likeness (QED) is 0.144. The fraction of sp³-hybridized carbons (Fsp3) is 0.640. The fourth-order valence-electron chi connectivity index (χ4n) is 3.39. The lowest BCUT2D eigenvalue weighted by atomic mass is 10.1. The van der Waals surface area contributed by atoms with Crippen LogP contribution in [0.4, 0.5) is 4.79 Å². The first-order valence-electron chi connectivity index (χ1n) is 11.9. The van der Waals surface area contributed by atoms with Crippen molar-refractivity contribution in [2.45, 2.75) is 90.6 Å². The van der Waals surface area contributed by atoms with Gasteiger partial charge in [-0.1, -0.05) is 77.6 Å². The number of hydrogen-bond donors (Lipinski definition) is 2. The zero-order valence-corrected chi connectivity index (χ0v) is 19.7. The Morgan fingerprint density at radius 2 is 1.45 bits per heavy atom. The molecule has 8 nitrogen and oxygen atoms in total. The largest absolute Gasteiger partial charge is 0.509 e. The van der Waals surface area contributed by atoms with Crippen LogP contribution in [0.1, 0.15) is 99.9 Å². The summed E-state index contributed by atoms with van der Waals surface area (Å²) in [5.74, 6) is -1.24. The van der Waals surface area contributed by atoms with E-state index in [-0.39, 0.29) is 17.9 Å². The molecule has 0 radical (unpaired) electrons. The van der Waals surface area contributed by atoms with Gasteiger partial charge in [0.15, 0.2) is 12.9 Å². The zero-order valence-electron chi connectivity index (χ0n) is 19.7. The molecule has 0 aliphatic carbocycles. The Balaban J connectivity index is 2.32. The molecule has 0 aliphatic rings. The van der Waals surface area contributed by atoms with Gasteiger partial charge in [-0.3, -0.25) is 4.79 Å². The van der Waals surface area contributed by atoms with Crippen molar-refractivity contribution in [3.8, 4) is 11.5 Å². The normalized spacial score (nSPS) is 10.6. The van der Waals surface area contributed by atoms with Crippen molar-refractivity contribution in [2.75, 3.05) is 13.2 Å². The summed E-state index contributed by atoms with van der Waals surface area (Å²) in [5, 5.41) is 18.4. The monoisotopic (exact) mass is 466 g/mol. The number of aromatic hydroxyl groups is 1. The molecular formula is C25H38O8. The average Bonchev–Trinajstić information content (AvgIpc) is 2.80. The van der Waals surface area contributed by atoms with Crippen LogP contribution in [0.15, 0.2) is 12.1 Å². The Bertz CT molecular complexity index is 717. The van der Waals surface area contributed by atoms with Gasteiger partial charge in [0.25, 0.3) is 0 Å². The number of carboxylic acid groups (broad SMARTS) is 1. The molecule has 33 heavy (non-hydrogen) atoms. The van der Waals surface area contributed by atoms with E-state index in [1.54, 1.807) is 0 Å². The van der Waals surface area contributed by atoms with Gasteiger partial charge in [0.1, 0.15) is 18.1 Å². The van der Waals surface area contributed by atoms with Crippen LogP contribution in [0.2, 0.25) is 0 Å². The molecule has 0 amide bonds. The number of aliphatic carboxylic acids is 1. The van der Waals surface area contributed by atoms with Crippen LogP contribution in [-0.4, -0.2) is 41.8 Å². The molecule has 2 N–H and O–H groups in total. The van der Waals surface area contributed by atoms with Gasteiger partial charge in [-0.2, -0.15) is 0 Å². The van der Waals surface area contributed by atoms with E-state index in [4.69, 9.17) is 14.6 Å². The Morgan fingerprint density at radius 3 is 2.00 bits per heavy atom. The van der Waals surface area contributed by atoms with E-state index < -0.39 is 18.7 Å². The Morgan fingerprint density at radius 1 is 0.879 bits per heavy atom. The zero-order chi connectivity index (χ0) is 24.3. The second-order valence-electron chi connectivity index (χ2n) is 8.10. The molecule has 0 bridgehead atoms. The summed E-state index contributed by atoms with van der Waals surface area (Å²) in [6.07, 6.45) is 14.1. The number of benzene rings is 1. The number of phenolic OH excluding ortho intramolecular Hbond substituents is 1. The van der Waals surface area contributed by atoms with Crippen molar-refractivity contribution < 1.29 is 38.8 Å². The molecule has 1 aromatic carbocycles. The van der Waals surface area contributed by atoms with Gasteiger partial charge in [-0.25, -0.2) is 9.59 Å². The Labute approximate surface area is 196 Å². The minimum absolute atomic E-state index is 0.0666. The maximum atomic E-state index is 11.5. The van der Waals surface area contributed by atoms with E-state index >= 15 is 0 Å². The van der Waals surface area contributed by atoms with Gasteiger partial charge >= 0.3 is 12.1 Å². The van der Waals surface area contributed by atoms with Crippen molar-refractivity contribution in [2.24, 2.45) is 0 Å². The van der Waals surface area contributed by atoms with Gasteiger partial charge in [-0.05, 0) is 18.6 Å². The first kappa shape index (κ1) is 28.3. The van der Waals surface area contributed by atoms with E-state index in [0.29, 0.717) is 24.2 Å². The molecule has 0 fully saturated rings. The maximum absolute atomic E-state index is 11.5. The molecule has 0 saturated heterocycles. The number of hydrogen-bond acceptors (Lipinski definition) is 7. The van der Waals surface area contributed by atoms with Crippen LogP contribution in [0.3, 0.4) is 0 Å². The summed E-state index contributed by atoms with van der Waals surface area (Å²) < 4.78 is 15.0. The number of phenols is 1. The van der Waals surface area contributed by atoms with Gasteiger partial charge in [0.2, 0.25) is 0 Å². The topological polar surface area (TPSA) is 119 Å². The van der Waals surface area contributed by atoms with Crippen molar-refractivity contribution in [3.63, 3.8) is 0 Å². The van der Waals surface area contributed by atoms with Crippen LogP contribution < -0.4 is 4.74 Å². The van der Waals surface area contributed by atoms with Gasteiger partial charge in [0, 0.05) is 5.56 Å². The highest BCUT2D eigenvalue weighted by Gasteiger charge is 2.14. The lowest BCUT2D eigenvalue weighted by Gasteiger charge is -2.13. The number of aldehydes is 1. The number of carbonyl (C=O) groups excluding carboxylic acids is 2. The minimum atomic E-state index is -1.30. The molecule has 1 aromatic rings. The van der Waals surface area contributed by atoms with Crippen LogP contribution in [0, 0.1) is 0 Å². The summed E-state index contributed by atoms with van der Waals surface area (Å²) in [6.45, 7) is 1.56. The predicted molar refractivity (Wildman–Crippen MR) is 124 cm³/mol. The fourth-order valence-corrected chi connectivity index (χ4v) is 3.39. The second kappa shape index (κ2) is 17.7. The van der Waals surface area contributed by atoms with Gasteiger partial charge < -0.3 is 24.4 Å². The Kier molecular flexibility index (Phi) is 15.2. The first-order chi connectivity index (χ1) is 16.0. The van der Waals surface area contributed by atoms with Crippen LogP contribution in [0.25, 0.3) is 0 Å². The van der Waals surface area contributed by atoms with E-state index in [9.17, 15) is 19.5 Å². The van der Waals surface area contributed by atoms with Crippen molar-refractivity contribution >= 4 is 18.4 Å². The molecule has 0 aliphatic heterocycles. The minimum Gasteiger partial charge on any atom is -0.507 e. The molecule has 186 valence electrons. The van der Waals surface area contributed by atoms with Crippen molar-refractivity contribution in [1.82, 2.24) is 0 Å². The molecule has 0 unspecified atom stereocenters. The Hall–Kier alpha value is -2.77. The summed E-state index contributed by atoms with van der Waals surface area (Å²) in [5.41, 5.74) is 0.418. The third kappa shape index (κ3) is 13.4. The molecular weight excluding hydrogens is 428 g/mol. The van der Waals surface area contributed by atoms with E-state index in [1.165, 1.54) is 69.9 Å². The van der Waals surface area contributed by atoms with E-state index in [2.05, 4.69) is 11.7 Å². The third-order valence-corrected chi connectivity index (χ3v) is 5.25. The number of rotatable bonds is 19. The summed E-state index contributed by atoms with van der Waals surface area (Å²) in [6, 6.07) is 2.68. The summed E-state index contributed by atoms with van der Waals surface area (Å²) in [4.78, 5) is 33.0. The van der Waals surface area contributed by atoms with Crippen LogP contribution >= 0.6 is 0 Å².